The molecule has 28 heavy (non-hydrogen) atoms. The summed E-state index contributed by atoms with van der Waals surface area (Å²) in [5, 5.41) is 4.36. The molecule has 1 amide bonds. The van der Waals surface area contributed by atoms with E-state index < -0.39 is 0 Å². The van der Waals surface area contributed by atoms with E-state index in [1.54, 1.807) is 0 Å². The molecular weight excluding hydrogens is 348 g/mol. The molecule has 1 atom stereocenters. The fourth-order valence-corrected chi connectivity index (χ4v) is 3.93. The van der Waals surface area contributed by atoms with Crippen molar-refractivity contribution in [3.8, 4) is 0 Å². The first-order chi connectivity index (χ1) is 13.3. The number of H-pyrrole nitrogens is 1. The Labute approximate surface area is 169 Å². The van der Waals surface area contributed by atoms with E-state index in [0.717, 1.165) is 44.4 Å². The number of hydrogen-bond acceptors (Lipinski definition) is 3. The summed E-state index contributed by atoms with van der Waals surface area (Å²) in [5.74, 6) is 0.680. The third kappa shape index (κ3) is 5.58. The molecule has 0 spiro atoms. The number of amides is 1. The van der Waals surface area contributed by atoms with E-state index >= 15 is 0 Å². The first kappa shape index (κ1) is 20.9. The normalized spacial score (nSPS) is 17.7. The lowest BCUT2D eigenvalue weighted by Gasteiger charge is -2.36. The van der Waals surface area contributed by atoms with Crippen LogP contribution in [0.1, 0.15) is 45.6 Å². The second-order valence-electron chi connectivity index (χ2n) is 9.38. The number of nitrogens with two attached hydrogens (primary N) is 1. The predicted molar refractivity (Wildman–Crippen MR) is 116 cm³/mol. The molecule has 1 unspecified atom stereocenters. The second-order valence-corrected chi connectivity index (χ2v) is 9.38. The monoisotopic (exact) mass is 384 g/mol. The highest BCUT2D eigenvalue weighted by molar-refractivity contribution is 5.83. The highest BCUT2D eigenvalue weighted by atomic mass is 16.1. The van der Waals surface area contributed by atoms with Gasteiger partial charge in [-0.3, -0.25) is 4.79 Å². The van der Waals surface area contributed by atoms with Crippen LogP contribution in [0.25, 0.3) is 10.9 Å². The molecule has 0 radical (unpaired) electrons. The summed E-state index contributed by atoms with van der Waals surface area (Å²) in [6.45, 7) is 10.3. The first-order valence-corrected chi connectivity index (χ1v) is 10.6. The molecule has 0 saturated carbocycles. The Hall–Kier alpha value is -1.85. The van der Waals surface area contributed by atoms with Gasteiger partial charge in [-0.15, -0.1) is 0 Å². The van der Waals surface area contributed by atoms with Crippen molar-refractivity contribution in [3.63, 3.8) is 0 Å². The van der Waals surface area contributed by atoms with Gasteiger partial charge in [-0.1, -0.05) is 39.0 Å². The van der Waals surface area contributed by atoms with Gasteiger partial charge in [-0.05, 0) is 55.3 Å². The maximum absolute atomic E-state index is 12.3. The maximum Gasteiger partial charge on any atom is 0.220 e. The number of nitrogens with one attached hydrogen (secondary N) is 2. The van der Waals surface area contributed by atoms with Gasteiger partial charge in [-0.25, -0.2) is 0 Å². The molecule has 1 aliphatic rings. The third-order valence-electron chi connectivity index (χ3n) is 6.14. The number of nitrogens with zero attached hydrogens (tertiary/aromatic N) is 1. The SMILES string of the molecule is CC(C)(C)C(N)CN1CCC(CC(=O)NCCc2c[nH]c3ccccc23)CC1. The topological polar surface area (TPSA) is 74.2 Å². The van der Waals surface area contributed by atoms with Crippen molar-refractivity contribution < 1.29 is 4.79 Å². The van der Waals surface area contributed by atoms with Crippen LogP contribution in [0.4, 0.5) is 0 Å². The van der Waals surface area contributed by atoms with Crippen molar-refractivity contribution >= 4 is 16.8 Å². The molecule has 1 saturated heterocycles. The van der Waals surface area contributed by atoms with Crippen LogP contribution in [0.5, 0.6) is 0 Å². The number of piperidine rings is 1. The summed E-state index contributed by atoms with van der Waals surface area (Å²) in [7, 11) is 0. The fourth-order valence-electron chi connectivity index (χ4n) is 3.93. The summed E-state index contributed by atoms with van der Waals surface area (Å²) in [4.78, 5) is 18.1. The van der Waals surface area contributed by atoms with Crippen molar-refractivity contribution in [2.75, 3.05) is 26.2 Å². The molecule has 154 valence electrons. The minimum absolute atomic E-state index is 0.140. The Morgan fingerprint density at radius 1 is 1.29 bits per heavy atom. The quantitative estimate of drug-likeness (QED) is 0.686. The lowest BCUT2D eigenvalue weighted by molar-refractivity contribution is -0.122. The van der Waals surface area contributed by atoms with Crippen LogP contribution < -0.4 is 11.1 Å². The molecule has 4 N–H and O–H groups in total. The number of carbonyl (C=O) groups excluding carboxylic acids is 1. The average Bonchev–Trinajstić information content (AvgIpc) is 3.06. The van der Waals surface area contributed by atoms with Crippen LogP contribution in [0.2, 0.25) is 0 Å². The summed E-state index contributed by atoms with van der Waals surface area (Å²) in [6, 6.07) is 8.49. The molecule has 1 fully saturated rings. The van der Waals surface area contributed by atoms with E-state index in [0.29, 0.717) is 18.9 Å². The summed E-state index contributed by atoms with van der Waals surface area (Å²) in [5.41, 5.74) is 8.88. The van der Waals surface area contributed by atoms with E-state index in [4.69, 9.17) is 5.73 Å². The van der Waals surface area contributed by atoms with Crippen LogP contribution in [0.3, 0.4) is 0 Å². The smallest absolute Gasteiger partial charge is 0.220 e. The fraction of sp³-hybridized carbons (Fsp3) is 0.609. The Morgan fingerprint density at radius 3 is 2.71 bits per heavy atom. The van der Waals surface area contributed by atoms with Crippen LogP contribution >= 0.6 is 0 Å². The molecule has 0 bridgehead atoms. The van der Waals surface area contributed by atoms with E-state index in [1.807, 2.05) is 6.07 Å². The van der Waals surface area contributed by atoms with Crippen molar-refractivity contribution in [1.82, 2.24) is 15.2 Å². The van der Waals surface area contributed by atoms with Gasteiger partial charge in [-0.2, -0.15) is 0 Å². The van der Waals surface area contributed by atoms with Gasteiger partial charge in [0.1, 0.15) is 0 Å². The highest BCUT2D eigenvalue weighted by Crippen LogP contribution is 2.23. The molecule has 2 heterocycles. The Bertz CT molecular complexity index is 768. The molecule has 1 aromatic carbocycles. The van der Waals surface area contributed by atoms with Crippen LogP contribution in [-0.2, 0) is 11.2 Å². The lowest BCUT2D eigenvalue weighted by atomic mass is 9.86. The molecule has 5 nitrogen and oxygen atoms in total. The van der Waals surface area contributed by atoms with E-state index in [1.165, 1.54) is 10.9 Å². The van der Waals surface area contributed by atoms with Gasteiger partial charge >= 0.3 is 0 Å². The number of aromatic nitrogens is 1. The molecule has 5 heteroatoms. The minimum atomic E-state index is 0.140. The van der Waals surface area contributed by atoms with Gasteiger partial charge in [0.2, 0.25) is 5.91 Å². The van der Waals surface area contributed by atoms with Gasteiger partial charge in [0.05, 0.1) is 0 Å². The van der Waals surface area contributed by atoms with Gasteiger partial charge < -0.3 is 20.9 Å². The summed E-state index contributed by atoms with van der Waals surface area (Å²) < 4.78 is 0. The zero-order chi connectivity index (χ0) is 20.1. The largest absolute Gasteiger partial charge is 0.361 e. The number of para-hydroxylation sites is 1. The number of hydrogen-bond donors (Lipinski definition) is 3. The number of aromatic amines is 1. The molecule has 1 aromatic heterocycles. The Balaban J connectivity index is 1.36. The summed E-state index contributed by atoms with van der Waals surface area (Å²) in [6.07, 6.45) is 5.74. The second kappa shape index (κ2) is 9.10. The predicted octanol–water partition coefficient (Wildman–Crippen LogP) is 3.30. The molecular formula is C23H36N4O. The van der Waals surface area contributed by atoms with Gasteiger partial charge in [0.15, 0.2) is 0 Å². The maximum atomic E-state index is 12.3. The molecule has 0 aliphatic carbocycles. The van der Waals surface area contributed by atoms with E-state index in [2.05, 4.69) is 60.4 Å². The zero-order valence-electron chi connectivity index (χ0n) is 17.6. The van der Waals surface area contributed by atoms with E-state index in [9.17, 15) is 4.79 Å². The first-order valence-electron chi connectivity index (χ1n) is 10.6. The number of likely N-dealkylation sites (tertiary alicyclic amines) is 1. The van der Waals surface area contributed by atoms with Crippen molar-refractivity contribution in [2.45, 2.75) is 52.5 Å². The van der Waals surface area contributed by atoms with Gasteiger partial charge in [0, 0.05) is 42.7 Å². The van der Waals surface area contributed by atoms with Gasteiger partial charge in [0.25, 0.3) is 0 Å². The van der Waals surface area contributed by atoms with Crippen LogP contribution in [-0.4, -0.2) is 48.0 Å². The molecule has 3 rings (SSSR count). The average molecular weight is 385 g/mol. The number of fused-ring (bicyclic) bond motifs is 1. The van der Waals surface area contributed by atoms with Crippen LogP contribution in [0.15, 0.2) is 30.5 Å². The Kier molecular flexibility index (Phi) is 6.78. The van der Waals surface area contributed by atoms with Crippen molar-refractivity contribution in [1.29, 1.82) is 0 Å². The number of carbonyl (C=O) groups is 1. The molecule has 2 aromatic rings. The van der Waals surface area contributed by atoms with Crippen molar-refractivity contribution in [3.05, 3.63) is 36.0 Å². The zero-order valence-corrected chi connectivity index (χ0v) is 17.6. The van der Waals surface area contributed by atoms with Crippen molar-refractivity contribution in [2.24, 2.45) is 17.1 Å². The number of rotatable bonds is 7. The van der Waals surface area contributed by atoms with Crippen LogP contribution in [0, 0.1) is 11.3 Å². The highest BCUT2D eigenvalue weighted by Gasteiger charge is 2.26. The third-order valence-corrected chi connectivity index (χ3v) is 6.14. The standard InChI is InChI=1S/C23H36N4O/c1-23(2,3)21(24)16-27-12-9-17(10-13-27)14-22(28)25-11-8-18-15-26-20-7-5-4-6-19(18)20/h4-7,15,17,21,26H,8-14,16,24H2,1-3H3,(H,25,28). The lowest BCUT2D eigenvalue weighted by Crippen LogP contribution is -2.47. The summed E-state index contributed by atoms with van der Waals surface area (Å²) >= 11 is 0. The minimum Gasteiger partial charge on any atom is -0.361 e. The molecule has 1 aliphatic heterocycles. The van der Waals surface area contributed by atoms with E-state index in [-0.39, 0.29) is 17.4 Å². The Morgan fingerprint density at radius 2 is 2.00 bits per heavy atom. The number of benzene rings is 1.